The lowest BCUT2D eigenvalue weighted by molar-refractivity contribution is -0.109. The topological polar surface area (TPSA) is 27.7 Å². The van der Waals surface area contributed by atoms with Gasteiger partial charge in [0.2, 0.25) is 0 Å². The van der Waals surface area contributed by atoms with Gasteiger partial charge in [0.05, 0.1) is 13.2 Å². The molecule has 55 heavy (non-hydrogen) atoms. The molecule has 0 aromatic rings. The van der Waals surface area contributed by atoms with Crippen molar-refractivity contribution >= 4 is 0 Å². The Morgan fingerprint density at radius 2 is 0.818 bits per heavy atom. The molecule has 4 saturated carbocycles. The van der Waals surface area contributed by atoms with Crippen LogP contribution in [0.15, 0.2) is 48.6 Å². The van der Waals surface area contributed by atoms with E-state index in [1.54, 1.807) is 0 Å². The van der Waals surface area contributed by atoms with Crippen LogP contribution in [-0.4, -0.2) is 38.6 Å². The Bertz CT molecular complexity index is 1090. The van der Waals surface area contributed by atoms with Crippen LogP contribution in [-0.2, 0) is 14.2 Å². The molecule has 312 valence electrons. The zero-order valence-corrected chi connectivity index (χ0v) is 36.5. The third kappa shape index (κ3) is 10.0. The highest BCUT2D eigenvalue weighted by molar-refractivity contribution is 5.31. The van der Waals surface area contributed by atoms with Crippen molar-refractivity contribution in [1.29, 1.82) is 0 Å². The van der Waals surface area contributed by atoms with E-state index in [1.807, 2.05) is 14.2 Å². The highest BCUT2D eigenvalue weighted by atomic mass is 16.5. The van der Waals surface area contributed by atoms with E-state index in [0.717, 1.165) is 36.9 Å². The van der Waals surface area contributed by atoms with E-state index in [-0.39, 0.29) is 22.0 Å². The fraction of sp³-hybridized carbons (Fsp3) is 0.846. The van der Waals surface area contributed by atoms with Gasteiger partial charge >= 0.3 is 0 Å². The van der Waals surface area contributed by atoms with Crippen LogP contribution in [0.1, 0.15) is 194 Å². The molecule has 0 unspecified atom stereocenters. The van der Waals surface area contributed by atoms with Crippen LogP contribution in [0.3, 0.4) is 0 Å². The van der Waals surface area contributed by atoms with Crippen LogP contribution in [0.25, 0.3) is 0 Å². The monoisotopic (exact) mass is 759 g/mol. The Labute approximate surface area is 340 Å². The van der Waals surface area contributed by atoms with E-state index in [0.29, 0.717) is 11.8 Å². The van der Waals surface area contributed by atoms with Crippen molar-refractivity contribution in [1.82, 2.24) is 0 Å². The van der Waals surface area contributed by atoms with Gasteiger partial charge in [-0.05, 0) is 75.0 Å². The lowest BCUT2D eigenvalue weighted by Crippen LogP contribution is -2.54. The third-order valence-corrected chi connectivity index (χ3v) is 16.9. The van der Waals surface area contributed by atoms with Crippen LogP contribution in [0.4, 0.5) is 0 Å². The van der Waals surface area contributed by atoms with Gasteiger partial charge in [-0.25, -0.2) is 0 Å². The minimum atomic E-state index is -0.274. The molecule has 0 bridgehead atoms. The molecule has 0 spiro atoms. The Morgan fingerprint density at radius 3 is 1.15 bits per heavy atom. The molecule has 0 N–H and O–H groups in total. The van der Waals surface area contributed by atoms with Gasteiger partial charge in [-0.15, -0.1) is 0 Å². The van der Waals surface area contributed by atoms with E-state index in [1.165, 1.54) is 180 Å². The van der Waals surface area contributed by atoms with Gasteiger partial charge in [-0.2, -0.15) is 0 Å². The largest absolute Gasteiger partial charge is 0.380 e. The maximum Gasteiger partial charge on any atom is 0.110 e. The first-order chi connectivity index (χ1) is 27.0. The molecule has 6 aliphatic carbocycles. The van der Waals surface area contributed by atoms with E-state index in [2.05, 4.69) is 62.5 Å². The molecule has 0 heterocycles. The van der Waals surface area contributed by atoms with Gasteiger partial charge in [-0.3, -0.25) is 0 Å². The summed E-state index contributed by atoms with van der Waals surface area (Å²) >= 11 is 0. The maximum absolute atomic E-state index is 6.66. The summed E-state index contributed by atoms with van der Waals surface area (Å²) in [5.74, 6) is 4.07. The third-order valence-electron chi connectivity index (χ3n) is 16.9. The Morgan fingerprint density at radius 1 is 0.455 bits per heavy atom. The van der Waals surface area contributed by atoms with E-state index >= 15 is 0 Å². The second-order valence-electron chi connectivity index (χ2n) is 19.9. The molecular weight excluding hydrogens is 673 g/mol. The second kappa shape index (κ2) is 21.2. The van der Waals surface area contributed by atoms with Gasteiger partial charge in [0.15, 0.2) is 0 Å². The number of hydrogen-bond acceptors (Lipinski definition) is 3. The van der Waals surface area contributed by atoms with Crippen molar-refractivity contribution in [3.05, 3.63) is 48.6 Å². The minimum Gasteiger partial charge on any atom is -0.380 e. The Balaban J connectivity index is 1.02. The molecule has 0 atom stereocenters. The standard InChI is InChI=1S/C52H86O3/c1-5-7-9-13-19-43-21-25-47(26-22-43)49(33-15-11-16-34-49)51(53-3)37-29-45(30-38-51)41-55-42-46-31-39-52(54-4,40-32-46)50(35-17-12-18-36-50)48-27-23-44(24-28-48)20-14-10-8-6-2/h29-32,37-40,43-48H,5-28,33-36,41-42H2,1-4H3. The van der Waals surface area contributed by atoms with Gasteiger partial charge in [0.25, 0.3) is 0 Å². The Kier molecular flexibility index (Phi) is 16.7. The molecule has 3 heteroatoms. The van der Waals surface area contributed by atoms with Crippen LogP contribution in [0.2, 0.25) is 0 Å². The van der Waals surface area contributed by atoms with Crippen molar-refractivity contribution in [3.8, 4) is 0 Å². The highest BCUT2D eigenvalue weighted by Crippen LogP contribution is 2.60. The van der Waals surface area contributed by atoms with Gasteiger partial charge in [-0.1, -0.05) is 191 Å². The summed E-state index contributed by atoms with van der Waals surface area (Å²) in [5, 5.41) is 0. The normalized spacial score (nSPS) is 35.9. The maximum atomic E-state index is 6.66. The number of rotatable bonds is 20. The smallest absolute Gasteiger partial charge is 0.110 e. The molecule has 0 aromatic carbocycles. The summed E-state index contributed by atoms with van der Waals surface area (Å²) in [4.78, 5) is 0. The molecule has 3 nitrogen and oxygen atoms in total. The number of unbranched alkanes of at least 4 members (excludes halogenated alkanes) is 6. The quantitative estimate of drug-likeness (QED) is 0.0914. The van der Waals surface area contributed by atoms with Crippen molar-refractivity contribution in [2.24, 2.45) is 46.3 Å². The molecule has 4 fully saturated rings. The van der Waals surface area contributed by atoms with E-state index < -0.39 is 0 Å². The highest BCUT2D eigenvalue weighted by Gasteiger charge is 2.56. The summed E-state index contributed by atoms with van der Waals surface area (Å²) in [6.07, 6.45) is 58.6. The molecule has 0 aliphatic heterocycles. The zero-order chi connectivity index (χ0) is 38.5. The second-order valence-corrected chi connectivity index (χ2v) is 19.9. The average Bonchev–Trinajstić information content (AvgIpc) is 3.25. The first kappa shape index (κ1) is 43.4. The van der Waals surface area contributed by atoms with Gasteiger partial charge in [0, 0.05) is 36.9 Å². The number of ether oxygens (including phenoxy) is 3. The molecule has 6 rings (SSSR count). The predicted octanol–water partition coefficient (Wildman–Crippen LogP) is 14.7. The fourth-order valence-electron chi connectivity index (χ4n) is 13.5. The minimum absolute atomic E-state index is 0.237. The Hall–Kier alpha value is -1.16. The molecule has 0 amide bonds. The van der Waals surface area contributed by atoms with E-state index in [4.69, 9.17) is 14.2 Å². The summed E-state index contributed by atoms with van der Waals surface area (Å²) in [6, 6.07) is 0. The van der Waals surface area contributed by atoms with Crippen molar-refractivity contribution in [2.45, 2.75) is 205 Å². The lowest BCUT2D eigenvalue weighted by atomic mass is 9.52. The molecule has 0 radical (unpaired) electrons. The van der Waals surface area contributed by atoms with Crippen LogP contribution >= 0.6 is 0 Å². The first-order valence-corrected chi connectivity index (χ1v) is 24.4. The van der Waals surface area contributed by atoms with Crippen LogP contribution in [0, 0.1) is 46.3 Å². The molecule has 6 aliphatic rings. The average molecular weight is 759 g/mol. The van der Waals surface area contributed by atoms with Crippen LogP contribution < -0.4 is 0 Å². The van der Waals surface area contributed by atoms with E-state index in [9.17, 15) is 0 Å². The first-order valence-electron chi connectivity index (χ1n) is 24.4. The van der Waals surface area contributed by atoms with Gasteiger partial charge < -0.3 is 14.2 Å². The molecule has 0 saturated heterocycles. The molecular formula is C52H86O3. The summed E-state index contributed by atoms with van der Waals surface area (Å²) in [5.41, 5.74) is -0.0741. The zero-order valence-electron chi connectivity index (χ0n) is 36.5. The fourth-order valence-corrected chi connectivity index (χ4v) is 13.5. The van der Waals surface area contributed by atoms with Crippen molar-refractivity contribution in [2.75, 3.05) is 27.4 Å². The molecule has 0 aromatic heterocycles. The predicted molar refractivity (Wildman–Crippen MR) is 233 cm³/mol. The number of methoxy groups -OCH3 is 2. The number of hydrogen-bond donors (Lipinski definition) is 0. The lowest BCUT2D eigenvalue weighted by Gasteiger charge is -2.56. The van der Waals surface area contributed by atoms with Crippen molar-refractivity contribution < 1.29 is 14.2 Å². The van der Waals surface area contributed by atoms with Gasteiger partial charge in [0.1, 0.15) is 11.2 Å². The van der Waals surface area contributed by atoms with Crippen LogP contribution in [0.5, 0.6) is 0 Å². The summed E-state index contributed by atoms with van der Waals surface area (Å²) < 4.78 is 19.8. The summed E-state index contributed by atoms with van der Waals surface area (Å²) in [7, 11) is 3.97. The van der Waals surface area contributed by atoms with Crippen molar-refractivity contribution in [3.63, 3.8) is 0 Å². The summed E-state index contributed by atoms with van der Waals surface area (Å²) in [6.45, 7) is 6.13. The SMILES string of the molecule is CCCCCCC1CCC(C2(C3(OC)C=CC(COCC4C=CC(OC)(C5(C6CCC(CCCCCC)CC6)CCCCC5)C=C4)C=C3)CCCCC2)CC1.